The van der Waals surface area contributed by atoms with Crippen molar-refractivity contribution in [3.05, 3.63) is 47.0 Å². The second kappa shape index (κ2) is 6.67. The monoisotopic (exact) mass is 431 g/mol. The van der Waals surface area contributed by atoms with Crippen molar-refractivity contribution in [2.45, 2.75) is 11.1 Å². The molecule has 0 bridgehead atoms. The molecule has 0 atom stereocenters. The maximum atomic E-state index is 13.8. The molecule has 0 aliphatic rings. The number of benzene rings is 2. The van der Waals surface area contributed by atoms with Gasteiger partial charge in [0, 0.05) is 11.8 Å². The minimum atomic E-state index is -4.79. The Morgan fingerprint density at radius 3 is 2.36 bits per heavy atom. The average molecular weight is 432 g/mol. The zero-order chi connectivity index (χ0) is 20.9. The van der Waals surface area contributed by atoms with Crippen LogP contribution in [0.3, 0.4) is 0 Å². The first-order valence-corrected chi connectivity index (χ1v) is 9.84. The van der Waals surface area contributed by atoms with Gasteiger partial charge < -0.3 is 11.5 Å². The predicted molar refractivity (Wildman–Crippen MR) is 98.7 cm³/mol. The molecule has 0 amide bonds. The summed E-state index contributed by atoms with van der Waals surface area (Å²) in [5.74, 6) is -0.430. The van der Waals surface area contributed by atoms with Crippen LogP contribution in [0.15, 0.2) is 41.3 Å². The third kappa shape index (κ3) is 3.76. The van der Waals surface area contributed by atoms with Gasteiger partial charge in [0.25, 0.3) is 0 Å². The highest BCUT2D eigenvalue weighted by Crippen LogP contribution is 2.43. The van der Waals surface area contributed by atoms with Gasteiger partial charge in [-0.2, -0.15) is 22.8 Å². The van der Waals surface area contributed by atoms with E-state index in [1.807, 2.05) is 0 Å². The number of nitrogens with two attached hydrogens (primary N) is 2. The normalized spacial score (nSPS) is 12.3. The molecule has 3 aromatic rings. The molecule has 0 aliphatic carbocycles. The number of aromatic nitrogens is 3. The molecule has 7 nitrogen and oxygen atoms in total. The lowest BCUT2D eigenvalue weighted by atomic mass is 9.98. The molecule has 0 saturated heterocycles. The quantitative estimate of drug-likeness (QED) is 0.657. The van der Waals surface area contributed by atoms with Crippen LogP contribution in [-0.2, 0) is 16.0 Å². The van der Waals surface area contributed by atoms with Crippen LogP contribution < -0.4 is 11.5 Å². The van der Waals surface area contributed by atoms with Crippen molar-refractivity contribution in [1.82, 2.24) is 14.8 Å². The zero-order valence-corrected chi connectivity index (χ0v) is 15.8. The van der Waals surface area contributed by atoms with Crippen LogP contribution in [0.2, 0.25) is 5.02 Å². The molecule has 4 N–H and O–H groups in total. The molecular formula is C16H13ClF3N5O2S. The Hall–Kier alpha value is -2.79. The first kappa shape index (κ1) is 20.0. The Morgan fingerprint density at radius 2 is 1.82 bits per heavy atom. The molecule has 0 unspecified atom stereocenters. The number of alkyl halides is 3. The Labute approximate surface area is 162 Å². The minimum absolute atomic E-state index is 0.00197. The average Bonchev–Trinajstić information content (AvgIpc) is 2.91. The summed E-state index contributed by atoms with van der Waals surface area (Å²) in [7, 11) is -3.63. The maximum absolute atomic E-state index is 13.8. The van der Waals surface area contributed by atoms with Gasteiger partial charge >= 0.3 is 6.18 Å². The minimum Gasteiger partial charge on any atom is -0.368 e. The summed E-state index contributed by atoms with van der Waals surface area (Å²) in [5.41, 5.74) is 9.49. The Bertz CT molecular complexity index is 1180. The number of sulfone groups is 1. The number of nitrogens with zero attached hydrogens (tertiary/aromatic N) is 3. The smallest absolute Gasteiger partial charge is 0.368 e. The van der Waals surface area contributed by atoms with E-state index in [9.17, 15) is 21.6 Å². The van der Waals surface area contributed by atoms with Gasteiger partial charge in [-0.1, -0.05) is 23.7 Å². The van der Waals surface area contributed by atoms with Crippen LogP contribution in [0, 0.1) is 0 Å². The largest absolute Gasteiger partial charge is 0.417 e. The molecule has 0 aliphatic heterocycles. The van der Waals surface area contributed by atoms with Gasteiger partial charge in [0.1, 0.15) is 0 Å². The van der Waals surface area contributed by atoms with Crippen molar-refractivity contribution in [2.24, 2.45) is 0 Å². The van der Waals surface area contributed by atoms with Crippen molar-refractivity contribution < 1.29 is 21.6 Å². The molecule has 0 spiro atoms. The van der Waals surface area contributed by atoms with Crippen LogP contribution in [-0.4, -0.2) is 29.4 Å². The van der Waals surface area contributed by atoms with Crippen molar-refractivity contribution in [3.8, 4) is 16.8 Å². The fourth-order valence-corrected chi connectivity index (χ4v) is 3.63. The Kier molecular flexibility index (Phi) is 4.76. The summed E-state index contributed by atoms with van der Waals surface area (Å²) < 4.78 is 65.8. The summed E-state index contributed by atoms with van der Waals surface area (Å²) in [6, 6.07) is 7.10. The molecule has 0 saturated carbocycles. The van der Waals surface area contributed by atoms with Gasteiger partial charge in [-0.3, -0.25) is 0 Å². The summed E-state index contributed by atoms with van der Waals surface area (Å²) >= 11 is 6.17. The molecule has 0 fully saturated rings. The van der Waals surface area contributed by atoms with Gasteiger partial charge in [-0.15, -0.1) is 5.10 Å². The second-order valence-corrected chi connectivity index (χ2v) is 8.31. The summed E-state index contributed by atoms with van der Waals surface area (Å²) in [6.07, 6.45) is -3.84. The van der Waals surface area contributed by atoms with E-state index in [4.69, 9.17) is 23.1 Å². The van der Waals surface area contributed by atoms with Crippen LogP contribution in [0.1, 0.15) is 5.56 Å². The van der Waals surface area contributed by atoms with Crippen molar-refractivity contribution in [3.63, 3.8) is 0 Å². The van der Waals surface area contributed by atoms with E-state index in [1.165, 1.54) is 24.3 Å². The van der Waals surface area contributed by atoms with E-state index in [0.717, 1.165) is 23.1 Å². The Morgan fingerprint density at radius 1 is 1.14 bits per heavy atom. The SMILES string of the molecule is CS(=O)(=O)c1cccc(-c2c(Cl)cc(-n3nc(N)nc3N)cc2C(F)(F)F)c1. The van der Waals surface area contributed by atoms with Gasteiger partial charge in [0.2, 0.25) is 11.9 Å². The van der Waals surface area contributed by atoms with Gasteiger partial charge in [0.15, 0.2) is 9.84 Å². The Balaban J connectivity index is 2.30. The van der Waals surface area contributed by atoms with E-state index >= 15 is 0 Å². The third-order valence-corrected chi connectivity index (χ3v) is 5.23. The van der Waals surface area contributed by atoms with Crippen molar-refractivity contribution in [2.75, 3.05) is 17.7 Å². The van der Waals surface area contributed by atoms with Gasteiger partial charge in [0.05, 0.1) is 21.2 Å². The summed E-state index contributed by atoms with van der Waals surface area (Å²) in [4.78, 5) is 3.51. The second-order valence-electron chi connectivity index (χ2n) is 5.89. The summed E-state index contributed by atoms with van der Waals surface area (Å²) in [5, 5.41) is 3.47. The number of hydrogen-bond acceptors (Lipinski definition) is 6. The van der Waals surface area contributed by atoms with Gasteiger partial charge in [-0.25, -0.2) is 8.42 Å². The molecule has 0 radical (unpaired) electrons. The van der Waals surface area contributed by atoms with E-state index in [-0.39, 0.29) is 38.6 Å². The number of hydrogen-bond donors (Lipinski definition) is 2. The molecule has 1 heterocycles. The lowest BCUT2D eigenvalue weighted by molar-refractivity contribution is -0.137. The highest BCUT2D eigenvalue weighted by atomic mass is 35.5. The topological polar surface area (TPSA) is 117 Å². The number of halogens is 4. The van der Waals surface area contributed by atoms with E-state index in [2.05, 4.69) is 10.1 Å². The fourth-order valence-electron chi connectivity index (χ4n) is 2.64. The molecule has 1 aromatic heterocycles. The first-order valence-electron chi connectivity index (χ1n) is 7.57. The van der Waals surface area contributed by atoms with Crippen LogP contribution in [0.4, 0.5) is 25.1 Å². The van der Waals surface area contributed by atoms with Crippen LogP contribution >= 0.6 is 11.6 Å². The predicted octanol–water partition coefficient (Wildman–Crippen LogP) is 3.17. The molecule has 28 heavy (non-hydrogen) atoms. The van der Waals surface area contributed by atoms with E-state index in [1.54, 1.807) is 0 Å². The molecule has 3 rings (SSSR count). The highest BCUT2D eigenvalue weighted by Gasteiger charge is 2.36. The van der Waals surface area contributed by atoms with Crippen LogP contribution in [0.5, 0.6) is 0 Å². The summed E-state index contributed by atoms with van der Waals surface area (Å²) in [6.45, 7) is 0. The number of rotatable bonds is 3. The third-order valence-electron chi connectivity index (χ3n) is 3.82. The fraction of sp³-hybridized carbons (Fsp3) is 0.125. The molecule has 148 valence electrons. The number of anilines is 2. The zero-order valence-electron chi connectivity index (χ0n) is 14.2. The molecule has 12 heteroatoms. The standard InChI is InChI=1S/C16H13ClF3N5O2S/c1-28(26,27)10-4-2-3-8(5-10)13-11(16(18,19)20)6-9(7-12(13)17)25-15(22)23-14(21)24-25/h2-7H,1H3,(H4,21,22,23,24). The highest BCUT2D eigenvalue weighted by molar-refractivity contribution is 7.90. The lowest BCUT2D eigenvalue weighted by Crippen LogP contribution is -2.11. The van der Waals surface area contributed by atoms with Crippen molar-refractivity contribution >= 4 is 33.3 Å². The van der Waals surface area contributed by atoms with E-state index < -0.39 is 21.6 Å². The number of nitrogen functional groups attached to an aromatic ring is 2. The lowest BCUT2D eigenvalue weighted by Gasteiger charge is -2.17. The van der Waals surface area contributed by atoms with Crippen molar-refractivity contribution in [1.29, 1.82) is 0 Å². The van der Waals surface area contributed by atoms with E-state index in [0.29, 0.717) is 0 Å². The molecule has 2 aromatic carbocycles. The maximum Gasteiger partial charge on any atom is 0.417 e. The van der Waals surface area contributed by atoms with Gasteiger partial charge in [-0.05, 0) is 29.8 Å². The molecular weight excluding hydrogens is 419 g/mol. The van der Waals surface area contributed by atoms with Crippen LogP contribution in [0.25, 0.3) is 16.8 Å². The first-order chi connectivity index (χ1) is 12.9.